The predicted octanol–water partition coefficient (Wildman–Crippen LogP) is 4.08. The number of rotatable bonds is 4. The fraction of sp³-hybridized carbons (Fsp3) is 0. The first-order valence-electron chi connectivity index (χ1n) is 7.99. The van der Waals surface area contributed by atoms with Gasteiger partial charge >= 0.3 is 0 Å². The maximum atomic E-state index is 12.5. The monoisotopic (exact) mass is 359 g/mol. The van der Waals surface area contributed by atoms with Crippen LogP contribution >= 0.6 is 11.3 Å². The summed E-state index contributed by atoms with van der Waals surface area (Å²) in [6.45, 7) is 0. The average molecular weight is 359 g/mol. The van der Waals surface area contributed by atoms with Crippen molar-refractivity contribution >= 4 is 34.6 Å². The maximum Gasteiger partial charge on any atom is 0.258 e. The Morgan fingerprint density at radius 1 is 0.769 bits per heavy atom. The average Bonchev–Trinajstić information content (AvgIpc) is 3.28. The van der Waals surface area contributed by atoms with Gasteiger partial charge in [-0.25, -0.2) is 4.90 Å². The van der Waals surface area contributed by atoms with Gasteiger partial charge in [0.15, 0.2) is 5.78 Å². The normalized spacial score (nSPS) is 13.5. The Bertz CT molecular complexity index is 1010. The maximum absolute atomic E-state index is 12.5. The quantitative estimate of drug-likeness (QED) is 0.521. The van der Waals surface area contributed by atoms with Gasteiger partial charge in [0.05, 0.1) is 10.6 Å². The Morgan fingerprint density at radius 2 is 1.38 bits per heavy atom. The molecule has 0 atom stereocenters. The van der Waals surface area contributed by atoms with Gasteiger partial charge in [-0.1, -0.05) is 54.6 Å². The van der Waals surface area contributed by atoms with Gasteiger partial charge in [-0.2, -0.15) is 0 Å². The molecule has 0 unspecified atom stereocenters. The van der Waals surface area contributed by atoms with Gasteiger partial charge in [-0.15, -0.1) is 11.3 Å². The van der Waals surface area contributed by atoms with Crippen LogP contribution < -0.4 is 4.90 Å². The van der Waals surface area contributed by atoms with Gasteiger partial charge in [0.1, 0.15) is 0 Å². The summed E-state index contributed by atoms with van der Waals surface area (Å²) in [6.07, 6.45) is 2.54. The molecule has 3 aromatic rings. The lowest BCUT2D eigenvalue weighted by atomic mass is 10.0. The van der Waals surface area contributed by atoms with Crippen LogP contribution in [0.15, 0.2) is 78.2 Å². The number of carbonyl (C=O) groups is 3. The van der Waals surface area contributed by atoms with Crippen LogP contribution in [0.3, 0.4) is 0 Å². The number of amides is 2. The Labute approximate surface area is 154 Å². The highest BCUT2D eigenvalue weighted by atomic mass is 32.1. The zero-order valence-electron chi connectivity index (χ0n) is 13.6. The lowest BCUT2D eigenvalue weighted by Crippen LogP contribution is -2.29. The first kappa shape index (κ1) is 16.2. The van der Waals surface area contributed by atoms with E-state index in [1.807, 2.05) is 35.7 Å². The topological polar surface area (TPSA) is 54.5 Å². The van der Waals surface area contributed by atoms with Gasteiger partial charge in [-0.05, 0) is 17.0 Å². The number of nitrogens with zero attached hydrogens (tertiary/aromatic N) is 1. The molecule has 0 N–H and O–H groups in total. The van der Waals surface area contributed by atoms with E-state index < -0.39 is 0 Å². The van der Waals surface area contributed by atoms with E-state index in [1.165, 1.54) is 23.5 Å². The lowest BCUT2D eigenvalue weighted by molar-refractivity contribution is -0.119. The van der Waals surface area contributed by atoms with Crippen molar-refractivity contribution in [2.45, 2.75) is 0 Å². The molecule has 5 heteroatoms. The van der Waals surface area contributed by atoms with Crippen molar-refractivity contribution in [3.8, 4) is 10.4 Å². The van der Waals surface area contributed by atoms with Gasteiger partial charge in [0.25, 0.3) is 11.8 Å². The summed E-state index contributed by atoms with van der Waals surface area (Å²) < 4.78 is 0. The molecule has 0 fully saturated rings. The van der Waals surface area contributed by atoms with Gasteiger partial charge in [0.2, 0.25) is 0 Å². The second-order valence-electron chi connectivity index (χ2n) is 5.75. The van der Waals surface area contributed by atoms with Gasteiger partial charge < -0.3 is 0 Å². The fourth-order valence-electron chi connectivity index (χ4n) is 2.86. The largest absolute Gasteiger partial charge is 0.289 e. The minimum Gasteiger partial charge on any atom is -0.289 e. The molecule has 0 saturated carbocycles. The molecule has 1 aromatic heterocycles. The van der Waals surface area contributed by atoms with E-state index in [9.17, 15) is 14.4 Å². The van der Waals surface area contributed by atoms with Crippen molar-refractivity contribution in [3.05, 3.63) is 89.3 Å². The van der Waals surface area contributed by atoms with Crippen LogP contribution in [0.1, 0.15) is 15.9 Å². The van der Waals surface area contributed by atoms with E-state index in [-0.39, 0.29) is 17.6 Å². The molecule has 0 spiro atoms. The van der Waals surface area contributed by atoms with Crippen molar-refractivity contribution in [1.29, 1.82) is 0 Å². The first-order valence-corrected chi connectivity index (χ1v) is 8.87. The van der Waals surface area contributed by atoms with Gasteiger partial charge in [0, 0.05) is 23.3 Å². The van der Waals surface area contributed by atoms with Crippen LogP contribution in [0.4, 0.5) is 5.69 Å². The van der Waals surface area contributed by atoms with Crippen molar-refractivity contribution in [1.82, 2.24) is 0 Å². The molecule has 2 aromatic carbocycles. The van der Waals surface area contributed by atoms with Crippen LogP contribution in [0.25, 0.3) is 10.4 Å². The highest BCUT2D eigenvalue weighted by Crippen LogP contribution is 2.37. The zero-order valence-corrected chi connectivity index (χ0v) is 14.4. The molecule has 1 aliphatic rings. The number of carbonyl (C=O) groups excluding carboxylic acids is 3. The minimum atomic E-state index is -0.342. The summed E-state index contributed by atoms with van der Waals surface area (Å²) in [4.78, 5) is 38.4. The smallest absolute Gasteiger partial charge is 0.258 e. The third kappa shape index (κ3) is 2.78. The summed E-state index contributed by atoms with van der Waals surface area (Å²) in [6, 6.07) is 18.1. The molecule has 0 radical (unpaired) electrons. The van der Waals surface area contributed by atoms with E-state index in [0.717, 1.165) is 15.3 Å². The lowest BCUT2D eigenvalue weighted by Gasteiger charge is -2.14. The third-order valence-corrected chi connectivity index (χ3v) is 5.09. The summed E-state index contributed by atoms with van der Waals surface area (Å²) in [5.41, 5.74) is 2.65. The molecule has 1 aliphatic heterocycles. The Balaban J connectivity index is 1.65. The standard InChI is InChI=1S/C21H13NO3S/c23-18-10-11-19(24)22(18)17-12-13-26-21(17)16-8-6-15(7-9-16)20(25)14-4-2-1-3-5-14/h1-13H. The molecule has 2 heterocycles. The van der Waals surface area contributed by atoms with Crippen LogP contribution in [-0.2, 0) is 9.59 Å². The zero-order chi connectivity index (χ0) is 18.1. The van der Waals surface area contributed by atoms with Crippen LogP contribution in [-0.4, -0.2) is 17.6 Å². The van der Waals surface area contributed by atoms with E-state index in [1.54, 1.807) is 30.3 Å². The van der Waals surface area contributed by atoms with Crippen LogP contribution in [0, 0.1) is 0 Å². The summed E-state index contributed by atoms with van der Waals surface area (Å²) in [7, 11) is 0. The van der Waals surface area contributed by atoms with Crippen LogP contribution in [0.5, 0.6) is 0 Å². The molecule has 126 valence electrons. The second kappa shape index (κ2) is 6.54. The Kier molecular flexibility index (Phi) is 4.07. The molecule has 2 amide bonds. The van der Waals surface area contributed by atoms with E-state index in [0.29, 0.717) is 16.8 Å². The molecule has 26 heavy (non-hydrogen) atoms. The van der Waals surface area contributed by atoms with Crippen molar-refractivity contribution in [2.24, 2.45) is 0 Å². The molecule has 0 bridgehead atoms. The third-order valence-electron chi connectivity index (χ3n) is 4.14. The molecule has 0 aliphatic carbocycles. The van der Waals surface area contributed by atoms with Crippen molar-refractivity contribution in [3.63, 3.8) is 0 Å². The molecular weight excluding hydrogens is 346 g/mol. The number of hydrogen-bond donors (Lipinski definition) is 0. The Hall–Kier alpha value is -3.31. The SMILES string of the molecule is O=C(c1ccccc1)c1ccc(-c2sccc2N2C(=O)C=CC2=O)cc1. The van der Waals surface area contributed by atoms with Gasteiger partial charge in [-0.3, -0.25) is 14.4 Å². The number of hydrogen-bond acceptors (Lipinski definition) is 4. The van der Waals surface area contributed by atoms with Crippen LogP contribution in [0.2, 0.25) is 0 Å². The first-order chi connectivity index (χ1) is 12.6. The molecule has 4 rings (SSSR count). The number of ketones is 1. The van der Waals surface area contributed by atoms with Crippen molar-refractivity contribution < 1.29 is 14.4 Å². The molecular formula is C21H13NO3S. The minimum absolute atomic E-state index is 0.0438. The predicted molar refractivity (Wildman–Crippen MR) is 101 cm³/mol. The van der Waals surface area contributed by atoms with E-state index in [2.05, 4.69) is 0 Å². The highest BCUT2D eigenvalue weighted by molar-refractivity contribution is 7.14. The van der Waals surface area contributed by atoms with Crippen molar-refractivity contribution in [2.75, 3.05) is 4.90 Å². The van der Waals surface area contributed by atoms with E-state index in [4.69, 9.17) is 0 Å². The summed E-state index contributed by atoms with van der Waals surface area (Å²) in [5, 5.41) is 1.84. The fourth-order valence-corrected chi connectivity index (χ4v) is 3.75. The Morgan fingerprint density at radius 3 is 2.04 bits per heavy atom. The second-order valence-corrected chi connectivity index (χ2v) is 6.67. The number of imide groups is 1. The molecule has 0 saturated heterocycles. The number of anilines is 1. The highest BCUT2D eigenvalue weighted by Gasteiger charge is 2.28. The van der Waals surface area contributed by atoms with E-state index >= 15 is 0 Å². The molecule has 4 nitrogen and oxygen atoms in total. The summed E-state index contributed by atoms with van der Waals surface area (Å²) in [5.74, 6) is -0.728. The summed E-state index contributed by atoms with van der Waals surface area (Å²) >= 11 is 1.45. The number of benzene rings is 2. The number of thiophene rings is 1.